The number of nitrogens with zero attached hydrogens (tertiary/aromatic N) is 4. The van der Waals surface area contributed by atoms with Crippen LogP contribution in [0, 0.1) is 0 Å². The SMILES string of the molecule is c1ccc(-n2c3ccccc3c3cc(-c4ccc5c(c4)c4c(-c6ccc(-c7cccc8c7oc7ccccc78)cc6)nc(-c6ccc(-c7cccc8c7oc7ccccc78)cc6)nc4n5-c4ccccc4)ccc32)cc1. The fraction of sp³-hybridized carbons (Fsp3) is 0. The minimum atomic E-state index is 0.632. The Morgan fingerprint density at radius 3 is 1.34 bits per heavy atom. The van der Waals surface area contributed by atoms with E-state index in [1.54, 1.807) is 0 Å². The molecule has 5 aromatic heterocycles. The summed E-state index contributed by atoms with van der Waals surface area (Å²) in [5, 5.41) is 8.89. The summed E-state index contributed by atoms with van der Waals surface area (Å²) in [7, 11) is 0. The van der Waals surface area contributed by atoms with Gasteiger partial charge in [0.25, 0.3) is 0 Å². The summed E-state index contributed by atoms with van der Waals surface area (Å²) in [6, 6.07) is 90.2. The van der Waals surface area contributed by atoms with Crippen LogP contribution in [0.15, 0.2) is 264 Å². The van der Waals surface area contributed by atoms with Gasteiger partial charge in [0, 0.05) is 71.3 Å². The largest absolute Gasteiger partial charge is 0.455 e. The second-order valence-corrected chi connectivity index (χ2v) is 19.6. The molecule has 0 radical (unpaired) electrons. The lowest BCUT2D eigenvalue weighted by atomic mass is 9.98. The van der Waals surface area contributed by atoms with Crippen molar-refractivity contribution in [1.82, 2.24) is 19.1 Å². The molecular weight excluding hydrogens is 929 g/mol. The number of fused-ring (bicyclic) bond motifs is 12. The molecule has 16 aromatic rings. The van der Waals surface area contributed by atoms with Gasteiger partial charge >= 0.3 is 0 Å². The number of furan rings is 2. The lowest BCUT2D eigenvalue weighted by Gasteiger charge is -2.11. The highest BCUT2D eigenvalue weighted by atomic mass is 16.3. The first-order valence-electron chi connectivity index (χ1n) is 25.7. The van der Waals surface area contributed by atoms with E-state index in [1.165, 1.54) is 21.8 Å². The van der Waals surface area contributed by atoms with E-state index in [0.717, 1.165) is 127 Å². The van der Waals surface area contributed by atoms with Crippen LogP contribution in [-0.4, -0.2) is 19.1 Å². The minimum Gasteiger partial charge on any atom is -0.455 e. The second kappa shape index (κ2) is 16.6. The van der Waals surface area contributed by atoms with E-state index >= 15 is 0 Å². The molecule has 0 spiro atoms. The summed E-state index contributed by atoms with van der Waals surface area (Å²) in [4.78, 5) is 11.2. The molecule has 0 unspecified atom stereocenters. The summed E-state index contributed by atoms with van der Waals surface area (Å²) >= 11 is 0. The summed E-state index contributed by atoms with van der Waals surface area (Å²) in [5.74, 6) is 0.632. The normalized spacial score (nSPS) is 11.9. The van der Waals surface area contributed by atoms with Crippen molar-refractivity contribution in [3.8, 4) is 67.4 Å². The highest BCUT2D eigenvalue weighted by molar-refractivity contribution is 6.16. The number of hydrogen-bond acceptors (Lipinski definition) is 4. The number of hydrogen-bond donors (Lipinski definition) is 0. The van der Waals surface area contributed by atoms with Crippen LogP contribution in [0.3, 0.4) is 0 Å². The van der Waals surface area contributed by atoms with Crippen molar-refractivity contribution < 1.29 is 8.83 Å². The topological polar surface area (TPSA) is 61.9 Å². The van der Waals surface area contributed by atoms with Crippen LogP contribution in [0.5, 0.6) is 0 Å². The monoisotopic (exact) mass is 970 g/mol. The van der Waals surface area contributed by atoms with Gasteiger partial charge in [0.15, 0.2) is 5.82 Å². The third-order valence-electron chi connectivity index (χ3n) is 15.4. The molecule has 76 heavy (non-hydrogen) atoms. The third-order valence-corrected chi connectivity index (χ3v) is 15.4. The molecule has 0 atom stereocenters. The lowest BCUT2D eigenvalue weighted by Crippen LogP contribution is -1.99. The zero-order chi connectivity index (χ0) is 49.8. The van der Waals surface area contributed by atoms with Crippen LogP contribution < -0.4 is 0 Å². The van der Waals surface area contributed by atoms with Crippen molar-refractivity contribution in [2.24, 2.45) is 0 Å². The number of rotatable bonds is 7. The van der Waals surface area contributed by atoms with Crippen molar-refractivity contribution in [3.63, 3.8) is 0 Å². The molecule has 0 saturated heterocycles. The van der Waals surface area contributed by atoms with Gasteiger partial charge in [0.1, 0.15) is 28.0 Å². The first kappa shape index (κ1) is 42.2. The maximum atomic E-state index is 6.52. The van der Waals surface area contributed by atoms with E-state index in [9.17, 15) is 0 Å². The van der Waals surface area contributed by atoms with Crippen molar-refractivity contribution in [3.05, 3.63) is 255 Å². The number of para-hydroxylation sites is 7. The van der Waals surface area contributed by atoms with Crippen LogP contribution in [0.4, 0.5) is 0 Å². The van der Waals surface area contributed by atoms with Gasteiger partial charge in [-0.15, -0.1) is 0 Å². The number of aromatic nitrogens is 4. The van der Waals surface area contributed by atoms with Gasteiger partial charge in [-0.1, -0.05) is 188 Å². The molecule has 16 rings (SSSR count). The van der Waals surface area contributed by atoms with Crippen LogP contribution in [0.2, 0.25) is 0 Å². The summed E-state index contributed by atoms with van der Waals surface area (Å²) in [6.07, 6.45) is 0. The molecule has 0 aliphatic heterocycles. The zero-order valence-electron chi connectivity index (χ0n) is 40.9. The molecule has 0 fully saturated rings. The zero-order valence-corrected chi connectivity index (χ0v) is 40.9. The maximum Gasteiger partial charge on any atom is 0.162 e. The van der Waals surface area contributed by atoms with Gasteiger partial charge in [-0.25, -0.2) is 9.97 Å². The van der Waals surface area contributed by atoms with Crippen molar-refractivity contribution in [2.45, 2.75) is 0 Å². The molecule has 0 N–H and O–H groups in total. The van der Waals surface area contributed by atoms with E-state index in [-0.39, 0.29) is 0 Å². The Morgan fingerprint density at radius 2 is 0.737 bits per heavy atom. The van der Waals surface area contributed by atoms with E-state index in [4.69, 9.17) is 18.8 Å². The number of benzene rings is 11. The van der Waals surface area contributed by atoms with Gasteiger partial charge < -0.3 is 13.4 Å². The van der Waals surface area contributed by atoms with Crippen LogP contribution in [-0.2, 0) is 0 Å². The smallest absolute Gasteiger partial charge is 0.162 e. The van der Waals surface area contributed by atoms with Crippen LogP contribution >= 0.6 is 0 Å². The van der Waals surface area contributed by atoms with Gasteiger partial charge in [-0.05, 0) is 89.0 Å². The maximum absolute atomic E-state index is 6.52. The van der Waals surface area contributed by atoms with Crippen molar-refractivity contribution in [2.75, 3.05) is 0 Å². The highest BCUT2D eigenvalue weighted by Crippen LogP contribution is 2.44. The fourth-order valence-corrected chi connectivity index (χ4v) is 11.8. The lowest BCUT2D eigenvalue weighted by molar-refractivity contribution is 0.669. The molecule has 11 aromatic carbocycles. The molecule has 6 nitrogen and oxygen atoms in total. The molecule has 354 valence electrons. The van der Waals surface area contributed by atoms with Gasteiger partial charge in [-0.3, -0.25) is 4.57 Å². The van der Waals surface area contributed by atoms with E-state index in [0.29, 0.717) is 5.82 Å². The second-order valence-electron chi connectivity index (χ2n) is 19.6. The first-order valence-corrected chi connectivity index (χ1v) is 25.7. The van der Waals surface area contributed by atoms with Gasteiger partial charge in [-0.2, -0.15) is 0 Å². The molecule has 0 amide bonds. The molecule has 5 heterocycles. The van der Waals surface area contributed by atoms with E-state index < -0.39 is 0 Å². The van der Waals surface area contributed by atoms with Crippen molar-refractivity contribution in [1.29, 1.82) is 0 Å². The Hall–Kier alpha value is -10.3. The highest BCUT2D eigenvalue weighted by Gasteiger charge is 2.23. The summed E-state index contributed by atoms with van der Waals surface area (Å²) < 4.78 is 17.7. The van der Waals surface area contributed by atoms with Gasteiger partial charge in [0.05, 0.1) is 27.6 Å². The van der Waals surface area contributed by atoms with Crippen LogP contribution in [0.1, 0.15) is 0 Å². The molecule has 0 aliphatic rings. The van der Waals surface area contributed by atoms with Crippen LogP contribution in [0.25, 0.3) is 155 Å². The molecule has 0 saturated carbocycles. The molecular formula is C70H42N4O2. The van der Waals surface area contributed by atoms with E-state index in [1.807, 2.05) is 24.3 Å². The molecule has 0 aliphatic carbocycles. The Labute approximate surface area is 435 Å². The summed E-state index contributed by atoms with van der Waals surface area (Å²) in [6.45, 7) is 0. The van der Waals surface area contributed by atoms with Crippen molar-refractivity contribution >= 4 is 87.6 Å². The van der Waals surface area contributed by atoms with Gasteiger partial charge in [0.2, 0.25) is 0 Å². The summed E-state index contributed by atoms with van der Waals surface area (Å²) in [5.41, 5.74) is 19.1. The van der Waals surface area contributed by atoms with E-state index in [2.05, 4.69) is 240 Å². The molecule has 6 heteroatoms. The first-order chi connectivity index (χ1) is 37.7. The minimum absolute atomic E-state index is 0.632. The average Bonchev–Trinajstić information content (AvgIpc) is 4.27. The Bertz CT molecular complexity index is 4970. The molecule has 0 bridgehead atoms. The predicted molar refractivity (Wildman–Crippen MR) is 312 cm³/mol. The quantitative estimate of drug-likeness (QED) is 0.160. The standard InChI is InChI=1S/C70H42N4O2/c1-3-15-49(16-4-1)73-60-26-10-7-19-53(60)58-41-47(37-39-61(58)73)48-38-40-62-59(42-48)65-66(45-33-29-43(30-34-45)51-22-13-24-56-54-20-8-11-27-63(54)75-67(51)56)71-69(72-70(65)74(62)50-17-5-2-6-18-50)46-35-31-44(32-36-46)52-23-14-25-57-55-21-9-12-28-64(55)76-68(52)57/h1-42H. The Kier molecular flexibility index (Phi) is 9.23. The third kappa shape index (κ3) is 6.47. The predicted octanol–water partition coefficient (Wildman–Crippen LogP) is 18.8. The average molecular weight is 971 g/mol. The Balaban J connectivity index is 0.904. The Morgan fingerprint density at radius 1 is 0.289 bits per heavy atom. The fourth-order valence-electron chi connectivity index (χ4n) is 11.8.